The summed E-state index contributed by atoms with van der Waals surface area (Å²) < 4.78 is 6.77. The lowest BCUT2D eigenvalue weighted by atomic mass is 9.82. The van der Waals surface area contributed by atoms with Gasteiger partial charge in [0.25, 0.3) is 0 Å². The van der Waals surface area contributed by atoms with Crippen LogP contribution in [-0.4, -0.2) is 28.8 Å². The Kier molecular flexibility index (Phi) is 7.45. The van der Waals surface area contributed by atoms with E-state index in [1.807, 2.05) is 40.1 Å². The fraction of sp³-hybridized carbons (Fsp3) is 0.560. The molecule has 0 atom stereocenters. The van der Waals surface area contributed by atoms with Gasteiger partial charge in [-0.15, -0.1) is 11.3 Å². The van der Waals surface area contributed by atoms with Crippen molar-refractivity contribution in [1.82, 2.24) is 9.78 Å². The Morgan fingerprint density at radius 1 is 1.28 bits per heavy atom. The van der Waals surface area contributed by atoms with Crippen molar-refractivity contribution < 1.29 is 14.3 Å². The highest BCUT2D eigenvalue weighted by molar-refractivity contribution is 7.15. The molecule has 1 aliphatic carbocycles. The zero-order valence-electron chi connectivity index (χ0n) is 19.9. The molecule has 1 amide bonds. The third kappa shape index (κ3) is 6.01. The molecule has 0 aliphatic heterocycles. The molecule has 2 aromatic rings. The van der Waals surface area contributed by atoms with Crippen molar-refractivity contribution in [3.63, 3.8) is 0 Å². The van der Waals surface area contributed by atoms with Crippen LogP contribution in [0.15, 0.2) is 18.5 Å². The van der Waals surface area contributed by atoms with Crippen LogP contribution in [0.2, 0.25) is 0 Å². The van der Waals surface area contributed by atoms with Crippen molar-refractivity contribution in [2.24, 2.45) is 24.3 Å². The molecular formula is C25H33N3O3S. The summed E-state index contributed by atoms with van der Waals surface area (Å²) in [5.41, 5.74) is 1.32. The maximum atomic E-state index is 13.7. The van der Waals surface area contributed by atoms with E-state index in [9.17, 15) is 9.59 Å². The van der Waals surface area contributed by atoms with Gasteiger partial charge in [0.2, 0.25) is 5.91 Å². The Bertz CT molecular complexity index is 1030. The quantitative estimate of drug-likeness (QED) is 0.469. The summed E-state index contributed by atoms with van der Waals surface area (Å²) in [6, 6.07) is 1.86. The second-order valence-corrected chi connectivity index (χ2v) is 10.8. The first-order valence-corrected chi connectivity index (χ1v) is 11.9. The molecule has 3 rings (SSSR count). The largest absolute Gasteiger partial charge is 0.465 e. The van der Waals surface area contributed by atoms with Crippen LogP contribution in [0.4, 0.5) is 5.69 Å². The van der Waals surface area contributed by atoms with E-state index in [1.165, 1.54) is 18.4 Å². The maximum absolute atomic E-state index is 13.7. The smallest absolute Gasteiger partial charge is 0.350 e. The summed E-state index contributed by atoms with van der Waals surface area (Å²) in [5.74, 6) is 6.61. The van der Waals surface area contributed by atoms with Gasteiger partial charge in [-0.1, -0.05) is 18.8 Å². The summed E-state index contributed by atoms with van der Waals surface area (Å²) in [4.78, 5) is 29.3. The van der Waals surface area contributed by atoms with Gasteiger partial charge in [-0.3, -0.25) is 9.48 Å². The van der Waals surface area contributed by atoms with Crippen LogP contribution in [0, 0.1) is 29.1 Å². The maximum Gasteiger partial charge on any atom is 0.350 e. The van der Waals surface area contributed by atoms with Gasteiger partial charge in [0, 0.05) is 30.1 Å². The summed E-state index contributed by atoms with van der Waals surface area (Å²) in [5, 5.41) is 4.25. The number of carbonyl (C=O) groups excluding carboxylic acids is 2. The molecular weight excluding hydrogens is 422 g/mol. The van der Waals surface area contributed by atoms with Crippen molar-refractivity contribution in [1.29, 1.82) is 0 Å². The summed E-state index contributed by atoms with van der Waals surface area (Å²) in [6.45, 7) is 8.71. The summed E-state index contributed by atoms with van der Waals surface area (Å²) in [6.07, 6.45) is 7.50. The second kappa shape index (κ2) is 9.91. The monoisotopic (exact) mass is 455 g/mol. The Hall–Kier alpha value is -2.59. The lowest BCUT2D eigenvalue weighted by molar-refractivity contribution is -0.123. The number of hydrogen-bond acceptors (Lipinski definition) is 5. The number of aromatic nitrogens is 2. The van der Waals surface area contributed by atoms with E-state index in [1.54, 1.807) is 15.8 Å². The van der Waals surface area contributed by atoms with E-state index >= 15 is 0 Å². The number of thiophene rings is 1. The lowest BCUT2D eigenvalue weighted by Gasteiger charge is -2.31. The molecule has 0 radical (unpaired) electrons. The van der Waals surface area contributed by atoms with Gasteiger partial charge in [0.05, 0.1) is 30.4 Å². The van der Waals surface area contributed by atoms with Crippen LogP contribution in [-0.2, 0) is 23.1 Å². The minimum atomic E-state index is -0.449. The molecule has 0 unspecified atom stereocenters. The van der Waals surface area contributed by atoms with Gasteiger partial charge in [-0.2, -0.15) is 5.10 Å². The van der Waals surface area contributed by atoms with Crippen molar-refractivity contribution in [3.8, 4) is 11.8 Å². The molecule has 2 aromatic heterocycles. The van der Waals surface area contributed by atoms with Gasteiger partial charge in [-0.05, 0) is 58.4 Å². The molecule has 2 heterocycles. The lowest BCUT2D eigenvalue weighted by Crippen LogP contribution is -2.37. The first kappa shape index (κ1) is 24.1. The van der Waals surface area contributed by atoms with Gasteiger partial charge >= 0.3 is 5.97 Å². The molecule has 1 aliphatic rings. The molecule has 6 nitrogen and oxygen atoms in total. The van der Waals surface area contributed by atoms with Crippen LogP contribution >= 0.6 is 11.3 Å². The standard InChI is InChI=1S/C25H33N3O3S/c1-17-7-9-19(10-8-17)23(29)28(16-18-14-26-27(5)15-18)21-13-20(11-12-25(2,3)4)32-22(21)24(30)31-6/h13-15,17,19H,7-10,16H2,1-6H3/t17-,19-. The number of anilines is 1. The van der Waals surface area contributed by atoms with E-state index in [0.717, 1.165) is 36.1 Å². The van der Waals surface area contributed by atoms with Gasteiger partial charge in [-0.25, -0.2) is 4.79 Å². The Morgan fingerprint density at radius 3 is 2.53 bits per heavy atom. The minimum absolute atomic E-state index is 0.0441. The average molecular weight is 456 g/mol. The highest BCUT2D eigenvalue weighted by atomic mass is 32.1. The molecule has 0 spiro atoms. The van der Waals surface area contributed by atoms with E-state index in [0.29, 0.717) is 23.0 Å². The SMILES string of the molecule is COC(=O)c1sc(C#CC(C)(C)C)cc1N(Cc1cnn(C)c1)C(=O)[C@H]1CC[C@H](C)CC1. The zero-order chi connectivity index (χ0) is 23.5. The molecule has 1 fully saturated rings. The van der Waals surface area contributed by atoms with Crippen LogP contribution in [0.25, 0.3) is 0 Å². The number of ether oxygens (including phenoxy) is 1. The fourth-order valence-electron chi connectivity index (χ4n) is 3.88. The van der Waals surface area contributed by atoms with Crippen LogP contribution in [0.5, 0.6) is 0 Å². The number of carbonyl (C=O) groups is 2. The minimum Gasteiger partial charge on any atom is -0.465 e. The van der Waals surface area contributed by atoms with E-state index in [4.69, 9.17) is 4.74 Å². The molecule has 0 aromatic carbocycles. The van der Waals surface area contributed by atoms with Crippen molar-refractivity contribution in [3.05, 3.63) is 33.8 Å². The molecule has 172 valence electrons. The van der Waals surface area contributed by atoms with Crippen molar-refractivity contribution in [2.45, 2.75) is 59.9 Å². The predicted molar refractivity (Wildman–Crippen MR) is 128 cm³/mol. The summed E-state index contributed by atoms with van der Waals surface area (Å²) in [7, 11) is 3.21. The average Bonchev–Trinajstić information content (AvgIpc) is 3.35. The normalized spacial score (nSPS) is 18.6. The molecule has 7 heteroatoms. The first-order valence-electron chi connectivity index (χ1n) is 11.1. The third-order valence-corrected chi connectivity index (χ3v) is 6.68. The van der Waals surface area contributed by atoms with E-state index in [2.05, 4.69) is 23.9 Å². The number of aryl methyl sites for hydroxylation is 1. The Labute approximate surface area is 194 Å². The first-order chi connectivity index (χ1) is 15.1. The number of methoxy groups -OCH3 is 1. The Morgan fingerprint density at radius 2 is 1.97 bits per heavy atom. The van der Waals surface area contributed by atoms with Crippen molar-refractivity contribution >= 4 is 28.9 Å². The molecule has 32 heavy (non-hydrogen) atoms. The molecule has 0 saturated heterocycles. The molecule has 1 saturated carbocycles. The summed E-state index contributed by atoms with van der Waals surface area (Å²) >= 11 is 1.28. The number of nitrogens with zero attached hydrogens (tertiary/aromatic N) is 3. The van der Waals surface area contributed by atoms with Gasteiger partial charge < -0.3 is 9.64 Å². The van der Waals surface area contributed by atoms with Gasteiger partial charge in [0.1, 0.15) is 4.88 Å². The van der Waals surface area contributed by atoms with E-state index in [-0.39, 0.29) is 17.2 Å². The highest BCUT2D eigenvalue weighted by Gasteiger charge is 2.32. The number of esters is 1. The Balaban J connectivity index is 2.03. The number of rotatable bonds is 5. The molecule has 0 bridgehead atoms. The van der Waals surface area contributed by atoms with Crippen LogP contribution < -0.4 is 4.90 Å². The fourth-order valence-corrected chi connectivity index (χ4v) is 4.81. The predicted octanol–water partition coefficient (Wildman–Crippen LogP) is 5.03. The van der Waals surface area contributed by atoms with Crippen molar-refractivity contribution in [2.75, 3.05) is 12.0 Å². The number of hydrogen-bond donors (Lipinski definition) is 0. The highest BCUT2D eigenvalue weighted by Crippen LogP contribution is 2.36. The zero-order valence-corrected chi connectivity index (χ0v) is 20.7. The molecule has 0 N–H and O–H groups in total. The van der Waals surface area contributed by atoms with Crippen LogP contribution in [0.1, 0.15) is 73.5 Å². The number of amides is 1. The second-order valence-electron chi connectivity index (χ2n) is 9.72. The topological polar surface area (TPSA) is 64.4 Å². The van der Waals surface area contributed by atoms with Crippen LogP contribution in [0.3, 0.4) is 0 Å². The third-order valence-electron chi connectivity index (χ3n) is 5.66. The van der Waals surface area contributed by atoms with E-state index < -0.39 is 5.97 Å². The van der Waals surface area contributed by atoms with Gasteiger partial charge in [0.15, 0.2) is 0 Å².